The van der Waals surface area contributed by atoms with Crippen molar-refractivity contribution in [3.63, 3.8) is 0 Å². The summed E-state index contributed by atoms with van der Waals surface area (Å²) in [6.45, 7) is 0. The number of hydrogen-bond acceptors (Lipinski definition) is 1. The number of rotatable bonds is 4. The summed E-state index contributed by atoms with van der Waals surface area (Å²) in [6, 6.07) is 19.4. The van der Waals surface area contributed by atoms with Gasteiger partial charge in [0.25, 0.3) is 0 Å². The molecule has 7 heteroatoms. The maximum absolute atomic E-state index is 13.8. The maximum atomic E-state index is 13.8. The Hall–Kier alpha value is -2.72. The smallest absolute Gasteiger partial charge is 0.288 e. The molecule has 0 unspecified atom stereocenters. The number of halogens is 4. The van der Waals surface area contributed by atoms with Gasteiger partial charge < -0.3 is 0 Å². The molecule has 0 fully saturated rings. The molecule has 0 spiro atoms. The highest BCUT2D eigenvalue weighted by Crippen LogP contribution is 2.47. The summed E-state index contributed by atoms with van der Waals surface area (Å²) in [6.07, 6.45) is -4.86. The first-order valence-electron chi connectivity index (χ1n) is 7.95. The minimum Gasteiger partial charge on any atom is -0.288 e. The van der Waals surface area contributed by atoms with Crippen molar-refractivity contribution >= 4 is 23.6 Å². The van der Waals surface area contributed by atoms with Crippen LogP contribution in [0.4, 0.5) is 17.6 Å². The van der Waals surface area contributed by atoms with Gasteiger partial charge in [-0.1, -0.05) is 36.4 Å². The van der Waals surface area contributed by atoms with Crippen molar-refractivity contribution in [2.24, 2.45) is 4.76 Å². The monoisotopic (exact) mass is 391 g/mol. The topological polar surface area (TPSA) is 29.4 Å². The third-order valence-corrected chi connectivity index (χ3v) is 6.32. The Morgan fingerprint density at radius 2 is 1.19 bits per heavy atom. The van der Waals surface area contributed by atoms with Gasteiger partial charge in [-0.05, 0) is 48.5 Å². The first kappa shape index (κ1) is 19.1. The summed E-state index contributed by atoms with van der Waals surface area (Å²) in [5.74, 6) is -0.672. The lowest BCUT2D eigenvalue weighted by molar-refractivity contribution is -0.0578. The molecule has 2 nitrogen and oxygen atoms in total. The average molecular weight is 391 g/mol. The standard InChI is InChI=1S/C20H14F4NOP/c21-16-13-11-15(12-14-16)19(20(22,23)24)25-27(26,17-7-3-1-4-8-17)18-9-5-2-6-10-18/h1-14H/b25-19+. The third-order valence-electron chi connectivity index (χ3n) is 3.84. The fourth-order valence-electron chi connectivity index (χ4n) is 2.55. The van der Waals surface area contributed by atoms with Crippen LogP contribution in [0.2, 0.25) is 0 Å². The zero-order chi connectivity index (χ0) is 19.5. The molecule has 0 heterocycles. The van der Waals surface area contributed by atoms with E-state index < -0.39 is 25.0 Å². The maximum Gasteiger partial charge on any atom is 0.433 e. The number of hydrogen-bond donors (Lipinski definition) is 0. The Morgan fingerprint density at radius 3 is 1.59 bits per heavy atom. The fourth-order valence-corrected chi connectivity index (χ4v) is 4.74. The average Bonchev–Trinajstić information content (AvgIpc) is 2.67. The van der Waals surface area contributed by atoms with E-state index in [1.165, 1.54) is 24.3 Å². The number of alkyl halides is 3. The first-order valence-corrected chi connectivity index (χ1v) is 9.61. The third kappa shape index (κ3) is 4.17. The molecule has 0 N–H and O–H groups in total. The van der Waals surface area contributed by atoms with Gasteiger partial charge in [-0.2, -0.15) is 13.2 Å². The molecule has 0 amide bonds. The highest BCUT2D eigenvalue weighted by atomic mass is 31.2. The lowest BCUT2D eigenvalue weighted by atomic mass is 10.1. The summed E-state index contributed by atoms with van der Waals surface area (Å²) in [4.78, 5) is 0. The van der Waals surface area contributed by atoms with Gasteiger partial charge in [0.1, 0.15) is 5.82 Å². The summed E-state index contributed by atoms with van der Waals surface area (Å²) < 4.78 is 71.8. The summed E-state index contributed by atoms with van der Waals surface area (Å²) in [5.41, 5.74) is -1.66. The second-order valence-corrected chi connectivity index (χ2v) is 8.09. The largest absolute Gasteiger partial charge is 0.433 e. The molecule has 27 heavy (non-hydrogen) atoms. The Morgan fingerprint density at radius 1 is 0.741 bits per heavy atom. The van der Waals surface area contributed by atoms with Gasteiger partial charge in [0.05, 0.1) is 0 Å². The number of nitrogens with zero attached hydrogens (tertiary/aromatic N) is 1. The second kappa shape index (κ2) is 7.49. The van der Waals surface area contributed by atoms with Crippen LogP contribution in [0, 0.1) is 5.82 Å². The highest BCUT2D eigenvalue weighted by Gasteiger charge is 2.40. The lowest BCUT2D eigenvalue weighted by Gasteiger charge is -2.18. The molecular formula is C20H14F4NOP. The Balaban J connectivity index is 2.27. The molecule has 0 atom stereocenters. The molecular weight excluding hydrogens is 377 g/mol. The van der Waals surface area contributed by atoms with Crippen LogP contribution in [0.3, 0.4) is 0 Å². The molecule has 3 aromatic carbocycles. The fraction of sp³-hybridized carbons (Fsp3) is 0.0500. The lowest BCUT2D eigenvalue weighted by Crippen LogP contribution is -2.26. The molecule has 3 aromatic rings. The van der Waals surface area contributed by atoms with Gasteiger partial charge in [0.2, 0.25) is 7.29 Å². The molecule has 0 aliphatic rings. The van der Waals surface area contributed by atoms with Crippen LogP contribution in [0.5, 0.6) is 0 Å². The van der Waals surface area contributed by atoms with Crippen LogP contribution in [0.25, 0.3) is 0 Å². The van der Waals surface area contributed by atoms with Gasteiger partial charge in [-0.25, -0.2) is 9.15 Å². The zero-order valence-corrected chi connectivity index (χ0v) is 14.8. The van der Waals surface area contributed by atoms with Crippen molar-refractivity contribution in [2.45, 2.75) is 6.18 Å². The molecule has 3 rings (SSSR count). The SMILES string of the molecule is O=P(/N=C(\c1ccc(F)cc1)C(F)(F)F)(c1ccccc1)c1ccccc1. The molecule has 0 saturated heterocycles. The van der Waals surface area contributed by atoms with Crippen LogP contribution in [0.15, 0.2) is 89.7 Å². The second-order valence-electron chi connectivity index (χ2n) is 5.70. The van der Waals surface area contributed by atoms with E-state index in [2.05, 4.69) is 4.76 Å². The predicted octanol–water partition coefficient (Wildman–Crippen LogP) is 5.11. The predicted molar refractivity (Wildman–Crippen MR) is 98.8 cm³/mol. The van der Waals surface area contributed by atoms with E-state index in [1.54, 1.807) is 36.4 Å². The molecule has 0 aliphatic heterocycles. The van der Waals surface area contributed by atoms with Crippen LogP contribution in [-0.2, 0) is 4.57 Å². The number of benzene rings is 3. The molecule has 0 saturated carbocycles. The van der Waals surface area contributed by atoms with E-state index in [1.807, 2.05) is 0 Å². The molecule has 0 aromatic heterocycles. The van der Waals surface area contributed by atoms with Crippen molar-refractivity contribution in [2.75, 3.05) is 0 Å². The molecule has 0 bridgehead atoms. The van der Waals surface area contributed by atoms with Crippen molar-refractivity contribution in [3.8, 4) is 0 Å². The molecule has 0 aliphatic carbocycles. The quantitative estimate of drug-likeness (QED) is 0.345. The molecule has 0 radical (unpaired) electrons. The van der Waals surface area contributed by atoms with Crippen LogP contribution in [-0.4, -0.2) is 11.9 Å². The van der Waals surface area contributed by atoms with E-state index in [0.717, 1.165) is 24.3 Å². The van der Waals surface area contributed by atoms with Crippen molar-refractivity contribution < 1.29 is 22.1 Å². The zero-order valence-electron chi connectivity index (χ0n) is 13.9. The Bertz CT molecular complexity index is 941. The van der Waals surface area contributed by atoms with Crippen molar-refractivity contribution in [1.29, 1.82) is 0 Å². The van der Waals surface area contributed by atoms with Crippen molar-refractivity contribution in [3.05, 3.63) is 96.3 Å². The van der Waals surface area contributed by atoms with Crippen LogP contribution >= 0.6 is 7.29 Å². The highest BCUT2D eigenvalue weighted by molar-refractivity contribution is 7.77. The summed E-state index contributed by atoms with van der Waals surface area (Å²) in [7, 11) is -3.98. The Labute approximate surface area is 153 Å². The molecule has 138 valence electrons. The van der Waals surface area contributed by atoms with Crippen LogP contribution in [0.1, 0.15) is 5.56 Å². The van der Waals surface area contributed by atoms with Gasteiger partial charge in [0, 0.05) is 16.2 Å². The van der Waals surface area contributed by atoms with E-state index >= 15 is 0 Å². The van der Waals surface area contributed by atoms with Crippen LogP contribution < -0.4 is 10.6 Å². The van der Waals surface area contributed by atoms with Gasteiger partial charge in [-0.15, -0.1) is 0 Å². The van der Waals surface area contributed by atoms with Gasteiger partial charge in [-0.3, -0.25) is 4.57 Å². The van der Waals surface area contributed by atoms with E-state index in [-0.39, 0.29) is 16.2 Å². The first-order chi connectivity index (χ1) is 12.8. The normalized spacial score (nSPS) is 12.8. The van der Waals surface area contributed by atoms with E-state index in [4.69, 9.17) is 0 Å². The minimum atomic E-state index is -4.86. The minimum absolute atomic E-state index is 0.181. The van der Waals surface area contributed by atoms with Crippen molar-refractivity contribution in [1.82, 2.24) is 0 Å². The van der Waals surface area contributed by atoms with E-state index in [0.29, 0.717) is 0 Å². The Kier molecular flexibility index (Phi) is 5.29. The summed E-state index contributed by atoms with van der Waals surface area (Å²) in [5, 5.41) is 0.361. The summed E-state index contributed by atoms with van der Waals surface area (Å²) >= 11 is 0. The van der Waals surface area contributed by atoms with E-state index in [9.17, 15) is 22.1 Å². The van der Waals surface area contributed by atoms with Gasteiger partial charge in [0.15, 0.2) is 5.71 Å². The van der Waals surface area contributed by atoms with Gasteiger partial charge >= 0.3 is 6.18 Å².